The fraction of sp³-hybridized carbons (Fsp3) is 0.579. The number of amides is 1. The van der Waals surface area contributed by atoms with Gasteiger partial charge in [0, 0.05) is 16.9 Å². The number of hydrogen-bond acceptors (Lipinski definition) is 4. The molecule has 1 amide bonds. The van der Waals surface area contributed by atoms with E-state index in [0.717, 1.165) is 31.4 Å². The molecular formula is C19H24N2O3S2. The minimum Gasteiger partial charge on any atom is -0.315 e. The second-order valence-electron chi connectivity index (χ2n) is 7.31. The van der Waals surface area contributed by atoms with Crippen LogP contribution in [0.4, 0.5) is 5.69 Å². The monoisotopic (exact) mass is 392 g/mol. The lowest BCUT2D eigenvalue weighted by atomic mass is 10.0. The molecule has 2 atom stereocenters. The van der Waals surface area contributed by atoms with Gasteiger partial charge in [0.2, 0.25) is 0 Å². The standard InChI is InChI=1S/C19H24N2O3S2/c1-3-12-6-5-7-13(4-2)17(12)21-15-10-26(23,24)11-16(15)25-19(21)20-18(22)14-8-9-14/h5-7,14-16H,3-4,8-11H2,1-2H3/t15-,16+/m1/s1. The van der Waals surface area contributed by atoms with Gasteiger partial charge in [0.1, 0.15) is 0 Å². The maximum Gasteiger partial charge on any atom is 0.251 e. The molecule has 0 N–H and O–H groups in total. The van der Waals surface area contributed by atoms with Crippen LogP contribution < -0.4 is 4.90 Å². The van der Waals surface area contributed by atoms with E-state index in [2.05, 4.69) is 41.9 Å². The first-order chi connectivity index (χ1) is 12.4. The van der Waals surface area contributed by atoms with Crippen LogP contribution in [0, 0.1) is 5.92 Å². The highest BCUT2D eigenvalue weighted by Crippen LogP contribution is 2.44. The summed E-state index contributed by atoms with van der Waals surface area (Å²) in [5.41, 5.74) is 3.43. The van der Waals surface area contributed by atoms with E-state index in [1.807, 2.05) is 0 Å². The molecule has 140 valence electrons. The highest BCUT2D eigenvalue weighted by Gasteiger charge is 2.50. The smallest absolute Gasteiger partial charge is 0.251 e. The Labute approximate surface area is 159 Å². The van der Waals surface area contributed by atoms with Crippen LogP contribution in [0.2, 0.25) is 0 Å². The topological polar surface area (TPSA) is 66.8 Å². The molecular weight excluding hydrogens is 368 g/mol. The van der Waals surface area contributed by atoms with Crippen molar-refractivity contribution in [1.29, 1.82) is 0 Å². The van der Waals surface area contributed by atoms with Crippen LogP contribution >= 0.6 is 11.8 Å². The molecule has 0 bridgehead atoms. The van der Waals surface area contributed by atoms with Crippen LogP contribution in [0.1, 0.15) is 37.8 Å². The highest BCUT2D eigenvalue weighted by molar-refractivity contribution is 8.16. The Hall–Kier alpha value is -1.34. The van der Waals surface area contributed by atoms with Crippen molar-refractivity contribution in [2.45, 2.75) is 50.8 Å². The fourth-order valence-electron chi connectivity index (χ4n) is 3.87. The van der Waals surface area contributed by atoms with E-state index in [9.17, 15) is 13.2 Å². The predicted molar refractivity (Wildman–Crippen MR) is 107 cm³/mol. The molecule has 7 heteroatoms. The Morgan fingerprint density at radius 2 is 1.85 bits per heavy atom. The maximum absolute atomic E-state index is 12.3. The van der Waals surface area contributed by atoms with Gasteiger partial charge in [0.05, 0.1) is 17.5 Å². The van der Waals surface area contributed by atoms with Crippen molar-refractivity contribution in [2.24, 2.45) is 10.9 Å². The summed E-state index contributed by atoms with van der Waals surface area (Å²) >= 11 is 1.47. The molecule has 2 heterocycles. The normalized spacial score (nSPS) is 28.5. The third kappa shape index (κ3) is 3.20. The molecule has 1 aromatic rings. The number of carbonyl (C=O) groups excluding carboxylic acids is 1. The summed E-state index contributed by atoms with van der Waals surface area (Å²) in [6.07, 6.45) is 3.57. The Morgan fingerprint density at radius 1 is 1.19 bits per heavy atom. The summed E-state index contributed by atoms with van der Waals surface area (Å²) < 4.78 is 24.5. The number of amidine groups is 1. The number of carbonyl (C=O) groups is 1. The van der Waals surface area contributed by atoms with Crippen molar-refractivity contribution in [3.05, 3.63) is 29.3 Å². The van der Waals surface area contributed by atoms with Gasteiger partial charge in [-0.3, -0.25) is 4.79 Å². The number of rotatable bonds is 4. The fourth-order valence-corrected chi connectivity index (χ4v) is 7.77. The number of aryl methyl sites for hydroxylation is 2. The van der Waals surface area contributed by atoms with Crippen LogP contribution in [0.15, 0.2) is 23.2 Å². The van der Waals surface area contributed by atoms with Crippen molar-refractivity contribution in [2.75, 3.05) is 16.4 Å². The van der Waals surface area contributed by atoms with Crippen LogP contribution in [0.3, 0.4) is 0 Å². The molecule has 4 rings (SSSR count). The van der Waals surface area contributed by atoms with E-state index in [4.69, 9.17) is 0 Å². The van der Waals surface area contributed by atoms with E-state index < -0.39 is 9.84 Å². The van der Waals surface area contributed by atoms with Crippen molar-refractivity contribution in [3.63, 3.8) is 0 Å². The molecule has 0 unspecified atom stereocenters. The molecule has 2 aliphatic heterocycles. The van der Waals surface area contributed by atoms with Crippen molar-refractivity contribution >= 4 is 38.4 Å². The van der Waals surface area contributed by atoms with Gasteiger partial charge in [0.15, 0.2) is 15.0 Å². The molecule has 1 aliphatic carbocycles. The zero-order chi connectivity index (χ0) is 18.5. The molecule has 3 fully saturated rings. The molecule has 3 aliphatic rings. The second kappa shape index (κ2) is 6.68. The molecule has 1 aromatic carbocycles. The zero-order valence-electron chi connectivity index (χ0n) is 15.1. The van der Waals surface area contributed by atoms with Gasteiger partial charge in [-0.25, -0.2) is 8.42 Å². The van der Waals surface area contributed by atoms with Gasteiger partial charge in [-0.2, -0.15) is 4.99 Å². The number of hydrogen-bond donors (Lipinski definition) is 0. The van der Waals surface area contributed by atoms with Crippen LogP contribution in [0.25, 0.3) is 0 Å². The number of para-hydroxylation sites is 1. The lowest BCUT2D eigenvalue weighted by Gasteiger charge is -2.29. The average molecular weight is 393 g/mol. The molecule has 1 saturated carbocycles. The van der Waals surface area contributed by atoms with E-state index in [1.165, 1.54) is 22.9 Å². The van der Waals surface area contributed by atoms with Crippen molar-refractivity contribution in [1.82, 2.24) is 0 Å². The lowest BCUT2D eigenvalue weighted by molar-refractivity contribution is -0.118. The quantitative estimate of drug-likeness (QED) is 0.788. The van der Waals surface area contributed by atoms with Gasteiger partial charge in [-0.15, -0.1) is 0 Å². The molecule has 2 saturated heterocycles. The minimum atomic E-state index is -3.04. The summed E-state index contributed by atoms with van der Waals surface area (Å²) in [6.45, 7) is 4.22. The number of aliphatic imine (C=N–C) groups is 1. The highest BCUT2D eigenvalue weighted by atomic mass is 32.2. The number of anilines is 1. The molecule has 5 nitrogen and oxygen atoms in total. The maximum atomic E-state index is 12.3. The number of thioether (sulfide) groups is 1. The average Bonchev–Trinajstić information content (AvgIpc) is 3.35. The number of fused-ring (bicyclic) bond motifs is 1. The molecule has 26 heavy (non-hydrogen) atoms. The molecule has 0 aromatic heterocycles. The summed E-state index contributed by atoms with van der Waals surface area (Å²) in [7, 11) is -3.04. The molecule has 0 radical (unpaired) electrons. The summed E-state index contributed by atoms with van der Waals surface area (Å²) in [4.78, 5) is 18.9. The van der Waals surface area contributed by atoms with Gasteiger partial charge in [0.25, 0.3) is 5.91 Å². The first kappa shape index (κ1) is 18.0. The Balaban J connectivity index is 1.82. The summed E-state index contributed by atoms with van der Waals surface area (Å²) in [6, 6.07) is 6.11. The molecule has 0 spiro atoms. The van der Waals surface area contributed by atoms with E-state index >= 15 is 0 Å². The van der Waals surface area contributed by atoms with Crippen LogP contribution in [0.5, 0.6) is 0 Å². The van der Waals surface area contributed by atoms with E-state index in [-0.39, 0.29) is 34.6 Å². The van der Waals surface area contributed by atoms with E-state index in [1.54, 1.807) is 0 Å². The Morgan fingerprint density at radius 3 is 2.42 bits per heavy atom. The van der Waals surface area contributed by atoms with Crippen LogP contribution in [-0.2, 0) is 27.5 Å². The minimum absolute atomic E-state index is 0.0413. The number of sulfone groups is 1. The Kier molecular flexibility index (Phi) is 4.63. The third-order valence-electron chi connectivity index (χ3n) is 5.40. The predicted octanol–water partition coefficient (Wildman–Crippen LogP) is 2.82. The SMILES string of the molecule is CCc1cccc(CC)c1N1C(=NC(=O)C2CC2)S[C@H]2CS(=O)(=O)C[C@H]21. The zero-order valence-corrected chi connectivity index (χ0v) is 16.8. The first-order valence-electron chi connectivity index (χ1n) is 9.33. The van der Waals surface area contributed by atoms with Gasteiger partial charge in [-0.1, -0.05) is 43.8 Å². The number of nitrogens with zero attached hydrogens (tertiary/aromatic N) is 2. The second-order valence-corrected chi connectivity index (χ2v) is 10.7. The van der Waals surface area contributed by atoms with Crippen molar-refractivity contribution < 1.29 is 13.2 Å². The number of benzene rings is 1. The largest absolute Gasteiger partial charge is 0.315 e. The Bertz CT molecular complexity index is 853. The third-order valence-corrected chi connectivity index (χ3v) is 8.61. The van der Waals surface area contributed by atoms with Crippen molar-refractivity contribution in [3.8, 4) is 0 Å². The lowest BCUT2D eigenvalue weighted by Crippen LogP contribution is -2.39. The van der Waals surface area contributed by atoms with E-state index in [0.29, 0.717) is 5.17 Å². The van der Waals surface area contributed by atoms with Gasteiger partial charge in [-0.05, 0) is 36.8 Å². The first-order valence-corrected chi connectivity index (χ1v) is 12.0. The van der Waals surface area contributed by atoms with Gasteiger partial charge < -0.3 is 4.90 Å². The van der Waals surface area contributed by atoms with Crippen LogP contribution in [-0.4, -0.2) is 42.3 Å². The van der Waals surface area contributed by atoms with Gasteiger partial charge >= 0.3 is 0 Å². The summed E-state index contributed by atoms with van der Waals surface area (Å²) in [5.74, 6) is 0.335. The summed E-state index contributed by atoms with van der Waals surface area (Å²) in [5, 5.41) is 0.655.